The first-order valence-corrected chi connectivity index (χ1v) is 7.03. The van der Waals surface area contributed by atoms with Gasteiger partial charge in [0.2, 0.25) is 0 Å². The smallest absolute Gasteiger partial charge is 0.163 e. The summed E-state index contributed by atoms with van der Waals surface area (Å²) in [6.07, 6.45) is 5.54. The summed E-state index contributed by atoms with van der Waals surface area (Å²) in [5.74, 6) is 2.77. The molecule has 0 heterocycles. The van der Waals surface area contributed by atoms with Gasteiger partial charge in [0, 0.05) is 23.6 Å². The predicted octanol–water partition coefficient (Wildman–Crippen LogP) is 3.56. The van der Waals surface area contributed by atoms with Crippen LogP contribution >= 0.6 is 0 Å². The van der Waals surface area contributed by atoms with Crippen LogP contribution in [0.4, 0.5) is 0 Å². The van der Waals surface area contributed by atoms with Crippen molar-refractivity contribution in [2.24, 2.45) is 5.92 Å². The van der Waals surface area contributed by atoms with Gasteiger partial charge < -0.3 is 9.47 Å². The largest absolute Gasteiger partial charge is 0.497 e. The molecule has 2 atom stereocenters. The molecule has 19 heavy (non-hydrogen) atoms. The van der Waals surface area contributed by atoms with Crippen LogP contribution in [0.1, 0.15) is 53.9 Å². The van der Waals surface area contributed by atoms with Crippen LogP contribution in [0.25, 0.3) is 0 Å². The standard InChI is InChI=1S/C16H20O3/c1-18-11-8-13-14(17)7-10-5-3-4-6-12(10)16(13)15(9-11)19-2/h8-10,12H,3-7H2,1-2H3. The van der Waals surface area contributed by atoms with Gasteiger partial charge in [-0.25, -0.2) is 0 Å². The van der Waals surface area contributed by atoms with Gasteiger partial charge in [-0.2, -0.15) is 0 Å². The van der Waals surface area contributed by atoms with Crippen molar-refractivity contribution in [3.8, 4) is 11.5 Å². The maximum absolute atomic E-state index is 12.4. The number of ketones is 1. The van der Waals surface area contributed by atoms with Gasteiger partial charge in [-0.05, 0) is 30.7 Å². The molecular formula is C16H20O3. The first kappa shape index (κ1) is 12.5. The molecule has 0 saturated heterocycles. The maximum atomic E-state index is 12.4. The quantitative estimate of drug-likeness (QED) is 0.815. The second-order valence-corrected chi connectivity index (χ2v) is 5.57. The molecule has 0 aromatic heterocycles. The van der Waals surface area contributed by atoms with Crippen LogP contribution in [-0.2, 0) is 0 Å². The molecule has 0 aliphatic heterocycles. The van der Waals surface area contributed by atoms with E-state index in [4.69, 9.17) is 9.47 Å². The minimum Gasteiger partial charge on any atom is -0.497 e. The molecule has 1 aromatic carbocycles. The SMILES string of the molecule is COc1cc(OC)c2c(c1)C(=O)CC1CCCCC21. The monoisotopic (exact) mass is 260 g/mol. The van der Waals surface area contributed by atoms with Crippen LogP contribution in [0.15, 0.2) is 12.1 Å². The first-order chi connectivity index (χ1) is 9.24. The van der Waals surface area contributed by atoms with Gasteiger partial charge in [-0.3, -0.25) is 4.79 Å². The second-order valence-electron chi connectivity index (χ2n) is 5.57. The average Bonchev–Trinajstić information content (AvgIpc) is 2.46. The van der Waals surface area contributed by atoms with Crippen molar-refractivity contribution in [2.75, 3.05) is 14.2 Å². The van der Waals surface area contributed by atoms with Crippen LogP contribution < -0.4 is 9.47 Å². The number of rotatable bonds is 2. The molecule has 3 rings (SSSR count). The Morgan fingerprint density at radius 1 is 1.11 bits per heavy atom. The first-order valence-electron chi connectivity index (χ1n) is 7.03. The van der Waals surface area contributed by atoms with Gasteiger partial charge in [0.25, 0.3) is 0 Å². The van der Waals surface area contributed by atoms with Crippen molar-refractivity contribution < 1.29 is 14.3 Å². The highest BCUT2D eigenvalue weighted by atomic mass is 16.5. The number of ether oxygens (including phenoxy) is 2. The number of carbonyl (C=O) groups excluding carboxylic acids is 1. The lowest BCUT2D eigenvalue weighted by molar-refractivity contribution is 0.0916. The highest BCUT2D eigenvalue weighted by molar-refractivity contribution is 6.00. The summed E-state index contributed by atoms with van der Waals surface area (Å²) in [6.45, 7) is 0. The third-order valence-electron chi connectivity index (χ3n) is 4.60. The van der Waals surface area contributed by atoms with Crippen molar-refractivity contribution in [2.45, 2.75) is 38.0 Å². The van der Waals surface area contributed by atoms with Crippen molar-refractivity contribution in [1.29, 1.82) is 0 Å². The van der Waals surface area contributed by atoms with E-state index in [9.17, 15) is 4.79 Å². The molecule has 0 bridgehead atoms. The van der Waals surface area contributed by atoms with Crippen LogP contribution in [0.2, 0.25) is 0 Å². The van der Waals surface area contributed by atoms with Gasteiger partial charge in [0.05, 0.1) is 14.2 Å². The van der Waals surface area contributed by atoms with Crippen molar-refractivity contribution in [1.82, 2.24) is 0 Å². The van der Waals surface area contributed by atoms with Crippen molar-refractivity contribution in [3.05, 3.63) is 23.3 Å². The Morgan fingerprint density at radius 2 is 1.89 bits per heavy atom. The summed E-state index contributed by atoms with van der Waals surface area (Å²) < 4.78 is 10.8. The molecule has 1 saturated carbocycles. The van der Waals surface area contributed by atoms with Gasteiger partial charge in [0.1, 0.15) is 11.5 Å². The topological polar surface area (TPSA) is 35.5 Å². The molecule has 2 aliphatic carbocycles. The van der Waals surface area contributed by atoms with Gasteiger partial charge in [0.15, 0.2) is 5.78 Å². The Kier molecular flexibility index (Phi) is 3.21. The number of hydrogen-bond donors (Lipinski definition) is 0. The Bertz CT molecular complexity index is 507. The molecule has 1 fully saturated rings. The molecule has 0 radical (unpaired) electrons. The highest BCUT2D eigenvalue weighted by Gasteiger charge is 2.37. The van der Waals surface area contributed by atoms with E-state index < -0.39 is 0 Å². The zero-order valence-corrected chi connectivity index (χ0v) is 11.6. The van der Waals surface area contributed by atoms with Gasteiger partial charge >= 0.3 is 0 Å². The van der Waals surface area contributed by atoms with Crippen LogP contribution in [0, 0.1) is 5.92 Å². The summed E-state index contributed by atoms with van der Waals surface area (Å²) in [7, 11) is 3.30. The van der Waals surface area contributed by atoms with Gasteiger partial charge in [-0.1, -0.05) is 12.8 Å². The summed E-state index contributed by atoms with van der Waals surface area (Å²) in [4.78, 5) is 12.4. The number of hydrogen-bond acceptors (Lipinski definition) is 3. The molecule has 3 nitrogen and oxygen atoms in total. The Balaban J connectivity index is 2.14. The van der Waals surface area contributed by atoms with E-state index in [-0.39, 0.29) is 5.78 Å². The van der Waals surface area contributed by atoms with Crippen LogP contribution in [0.3, 0.4) is 0 Å². The fourth-order valence-electron chi connectivity index (χ4n) is 3.68. The number of methoxy groups -OCH3 is 2. The highest BCUT2D eigenvalue weighted by Crippen LogP contribution is 2.49. The summed E-state index contributed by atoms with van der Waals surface area (Å²) in [6, 6.07) is 3.79. The maximum Gasteiger partial charge on any atom is 0.163 e. The third-order valence-corrected chi connectivity index (χ3v) is 4.60. The van der Waals surface area contributed by atoms with Crippen molar-refractivity contribution in [3.63, 3.8) is 0 Å². The van der Waals surface area contributed by atoms with E-state index in [0.717, 1.165) is 16.9 Å². The lowest BCUT2D eigenvalue weighted by Crippen LogP contribution is -2.28. The number of carbonyl (C=O) groups is 1. The minimum absolute atomic E-state index is 0.246. The number of fused-ring (bicyclic) bond motifs is 3. The van der Waals surface area contributed by atoms with E-state index in [0.29, 0.717) is 24.0 Å². The molecule has 0 spiro atoms. The van der Waals surface area contributed by atoms with E-state index in [1.807, 2.05) is 12.1 Å². The molecule has 2 aliphatic rings. The summed E-state index contributed by atoms with van der Waals surface area (Å²) >= 11 is 0. The normalized spacial score (nSPS) is 25.5. The van der Waals surface area contributed by atoms with E-state index in [1.54, 1.807) is 14.2 Å². The second kappa shape index (κ2) is 4.87. The lowest BCUT2D eigenvalue weighted by atomic mass is 9.67. The fourth-order valence-corrected chi connectivity index (χ4v) is 3.68. The molecule has 1 aromatic rings. The van der Waals surface area contributed by atoms with E-state index in [2.05, 4.69) is 0 Å². The molecule has 2 unspecified atom stereocenters. The Morgan fingerprint density at radius 3 is 2.63 bits per heavy atom. The van der Waals surface area contributed by atoms with E-state index in [1.165, 1.54) is 25.7 Å². The lowest BCUT2D eigenvalue weighted by Gasteiger charge is -2.37. The van der Waals surface area contributed by atoms with Gasteiger partial charge in [-0.15, -0.1) is 0 Å². The molecule has 102 valence electrons. The Labute approximate surface area is 113 Å². The van der Waals surface area contributed by atoms with Crippen LogP contribution in [-0.4, -0.2) is 20.0 Å². The number of benzene rings is 1. The average molecular weight is 260 g/mol. The molecule has 3 heteroatoms. The summed E-state index contributed by atoms with van der Waals surface area (Å²) in [5.41, 5.74) is 1.95. The summed E-state index contributed by atoms with van der Waals surface area (Å²) in [5, 5.41) is 0. The molecule has 0 amide bonds. The minimum atomic E-state index is 0.246. The molecular weight excluding hydrogens is 240 g/mol. The van der Waals surface area contributed by atoms with Crippen molar-refractivity contribution >= 4 is 5.78 Å². The fraction of sp³-hybridized carbons (Fsp3) is 0.562. The number of Topliss-reactive ketones (excluding diaryl/α,β-unsaturated/α-hetero) is 1. The van der Waals surface area contributed by atoms with Crippen LogP contribution in [0.5, 0.6) is 11.5 Å². The Hall–Kier alpha value is -1.51. The zero-order valence-electron chi connectivity index (χ0n) is 11.6. The van der Waals surface area contributed by atoms with E-state index >= 15 is 0 Å². The third kappa shape index (κ3) is 2.01. The predicted molar refractivity (Wildman–Crippen MR) is 73.2 cm³/mol. The molecule has 0 N–H and O–H groups in total. The zero-order chi connectivity index (χ0) is 13.4.